The fourth-order valence-corrected chi connectivity index (χ4v) is 1.84. The molecule has 0 saturated carbocycles. The number of nitrogens with one attached hydrogen (secondary N) is 1. The third-order valence-electron chi connectivity index (χ3n) is 3.31. The molecule has 0 radical (unpaired) electrons. The first kappa shape index (κ1) is 14.8. The highest BCUT2D eigenvalue weighted by atomic mass is 16.5. The largest absolute Gasteiger partial charge is 0.483 e. The van der Waals surface area contributed by atoms with Crippen molar-refractivity contribution in [3.8, 4) is 5.75 Å². The van der Waals surface area contributed by atoms with Gasteiger partial charge in [0.1, 0.15) is 11.6 Å². The van der Waals surface area contributed by atoms with Gasteiger partial charge in [0.05, 0.1) is 11.4 Å². The number of ether oxygens (including phenoxy) is 1. The monoisotopic (exact) mass is 285 g/mol. The minimum atomic E-state index is -0.257. The molecule has 0 spiro atoms. The first-order valence-electron chi connectivity index (χ1n) is 6.69. The maximum absolute atomic E-state index is 11.9. The summed E-state index contributed by atoms with van der Waals surface area (Å²) in [5.41, 5.74) is 9.13. The van der Waals surface area contributed by atoms with Gasteiger partial charge in [-0.2, -0.15) is 0 Å². The van der Waals surface area contributed by atoms with Crippen LogP contribution in [0.15, 0.2) is 30.3 Å². The quantitative estimate of drug-likeness (QED) is 0.905. The van der Waals surface area contributed by atoms with Crippen molar-refractivity contribution in [2.75, 3.05) is 17.7 Å². The van der Waals surface area contributed by atoms with Crippen LogP contribution in [0.3, 0.4) is 0 Å². The zero-order valence-corrected chi connectivity index (χ0v) is 12.4. The number of nitrogens with two attached hydrogens (primary N) is 1. The molecule has 0 bridgehead atoms. The Morgan fingerprint density at radius 2 is 2.00 bits per heavy atom. The average Bonchev–Trinajstić information content (AvgIpc) is 2.44. The van der Waals surface area contributed by atoms with Gasteiger partial charge in [-0.25, -0.2) is 4.98 Å². The van der Waals surface area contributed by atoms with Gasteiger partial charge in [-0.1, -0.05) is 12.1 Å². The number of amides is 1. The van der Waals surface area contributed by atoms with Gasteiger partial charge in [0, 0.05) is 0 Å². The van der Waals surface area contributed by atoms with E-state index in [1.807, 2.05) is 32.0 Å². The van der Waals surface area contributed by atoms with Crippen LogP contribution < -0.4 is 15.8 Å². The summed E-state index contributed by atoms with van der Waals surface area (Å²) in [6.45, 7) is 5.70. The van der Waals surface area contributed by atoms with E-state index in [9.17, 15) is 4.79 Å². The first-order valence-corrected chi connectivity index (χ1v) is 6.69. The summed E-state index contributed by atoms with van der Waals surface area (Å²) < 4.78 is 5.54. The number of benzene rings is 1. The molecule has 0 saturated heterocycles. The highest BCUT2D eigenvalue weighted by Crippen LogP contribution is 2.20. The minimum Gasteiger partial charge on any atom is -0.483 e. The van der Waals surface area contributed by atoms with Crippen LogP contribution in [0, 0.1) is 20.8 Å². The molecule has 3 N–H and O–H groups in total. The van der Waals surface area contributed by atoms with E-state index in [0.29, 0.717) is 22.9 Å². The van der Waals surface area contributed by atoms with E-state index in [1.165, 1.54) is 0 Å². The summed E-state index contributed by atoms with van der Waals surface area (Å²) in [5, 5.41) is 2.68. The Hall–Kier alpha value is -2.56. The number of aryl methyl sites for hydroxylation is 2. The molecule has 0 atom stereocenters. The number of rotatable bonds is 4. The molecule has 5 nitrogen and oxygen atoms in total. The molecule has 1 aromatic heterocycles. The number of nitrogen functional groups attached to an aromatic ring is 1. The molecule has 0 aliphatic heterocycles. The normalized spacial score (nSPS) is 10.2. The molecule has 0 aliphatic carbocycles. The minimum absolute atomic E-state index is 0.0601. The van der Waals surface area contributed by atoms with Crippen molar-refractivity contribution in [2.24, 2.45) is 0 Å². The summed E-state index contributed by atoms with van der Waals surface area (Å²) >= 11 is 0. The number of anilines is 2. The second-order valence-corrected chi connectivity index (χ2v) is 4.91. The van der Waals surface area contributed by atoms with E-state index in [2.05, 4.69) is 10.3 Å². The van der Waals surface area contributed by atoms with Crippen LogP contribution in [0.5, 0.6) is 5.75 Å². The van der Waals surface area contributed by atoms with E-state index in [0.717, 1.165) is 11.1 Å². The number of pyridine rings is 1. The van der Waals surface area contributed by atoms with Gasteiger partial charge in [0.15, 0.2) is 6.61 Å². The Morgan fingerprint density at radius 1 is 1.24 bits per heavy atom. The van der Waals surface area contributed by atoms with Gasteiger partial charge in [0.2, 0.25) is 0 Å². The van der Waals surface area contributed by atoms with Crippen LogP contribution >= 0.6 is 0 Å². The molecule has 2 rings (SSSR count). The highest BCUT2D eigenvalue weighted by molar-refractivity contribution is 5.91. The number of carbonyl (C=O) groups excluding carboxylic acids is 1. The molecular weight excluding hydrogens is 266 g/mol. The molecule has 110 valence electrons. The smallest absolute Gasteiger partial charge is 0.263 e. The predicted molar refractivity (Wildman–Crippen MR) is 83.4 cm³/mol. The number of carbonyl (C=O) groups is 1. The van der Waals surface area contributed by atoms with Crippen molar-refractivity contribution in [1.82, 2.24) is 4.98 Å². The SMILES string of the molecule is Cc1cccc(OCC(=O)Nc2ccc(N)c(C)n2)c1C. The number of hydrogen-bond acceptors (Lipinski definition) is 4. The van der Waals surface area contributed by atoms with Crippen LogP contribution in [0.1, 0.15) is 16.8 Å². The van der Waals surface area contributed by atoms with E-state index < -0.39 is 0 Å². The first-order chi connectivity index (χ1) is 9.97. The van der Waals surface area contributed by atoms with Crippen LogP contribution in [0.4, 0.5) is 11.5 Å². The van der Waals surface area contributed by atoms with E-state index in [4.69, 9.17) is 10.5 Å². The van der Waals surface area contributed by atoms with E-state index >= 15 is 0 Å². The second-order valence-electron chi connectivity index (χ2n) is 4.91. The highest BCUT2D eigenvalue weighted by Gasteiger charge is 2.07. The van der Waals surface area contributed by atoms with E-state index in [-0.39, 0.29) is 12.5 Å². The predicted octanol–water partition coefficient (Wildman–Crippen LogP) is 2.61. The van der Waals surface area contributed by atoms with Crippen molar-refractivity contribution < 1.29 is 9.53 Å². The van der Waals surface area contributed by atoms with Crippen molar-refractivity contribution in [2.45, 2.75) is 20.8 Å². The Kier molecular flexibility index (Phi) is 4.42. The number of nitrogens with zero attached hydrogens (tertiary/aromatic N) is 1. The van der Waals surface area contributed by atoms with Crippen molar-refractivity contribution in [1.29, 1.82) is 0 Å². The lowest BCUT2D eigenvalue weighted by Crippen LogP contribution is -2.21. The molecule has 21 heavy (non-hydrogen) atoms. The standard InChI is InChI=1S/C16H19N3O2/c1-10-5-4-6-14(11(10)2)21-9-16(20)19-15-8-7-13(17)12(3)18-15/h4-8H,9,17H2,1-3H3,(H,18,19,20). The lowest BCUT2D eigenvalue weighted by atomic mass is 10.1. The second kappa shape index (κ2) is 6.26. The Morgan fingerprint density at radius 3 is 2.71 bits per heavy atom. The fourth-order valence-electron chi connectivity index (χ4n) is 1.84. The molecule has 1 amide bonds. The van der Waals surface area contributed by atoms with Crippen LogP contribution in [0.2, 0.25) is 0 Å². The number of hydrogen-bond donors (Lipinski definition) is 2. The van der Waals surface area contributed by atoms with Gasteiger partial charge in [0.25, 0.3) is 5.91 Å². The van der Waals surface area contributed by atoms with Crippen LogP contribution in [0.25, 0.3) is 0 Å². The molecular formula is C16H19N3O2. The summed E-state index contributed by atoms with van der Waals surface area (Å²) in [7, 11) is 0. The summed E-state index contributed by atoms with van der Waals surface area (Å²) in [5.74, 6) is 0.926. The Labute approximate surface area is 124 Å². The molecule has 0 fully saturated rings. The molecule has 1 heterocycles. The Bertz CT molecular complexity index is 669. The fraction of sp³-hybridized carbons (Fsp3) is 0.250. The summed E-state index contributed by atoms with van der Waals surface area (Å²) in [6.07, 6.45) is 0. The molecule has 0 unspecified atom stereocenters. The van der Waals surface area contributed by atoms with Gasteiger partial charge in [-0.05, 0) is 50.1 Å². The lowest BCUT2D eigenvalue weighted by Gasteiger charge is -2.11. The maximum Gasteiger partial charge on any atom is 0.263 e. The summed E-state index contributed by atoms with van der Waals surface area (Å²) in [6, 6.07) is 9.13. The number of aromatic nitrogens is 1. The Balaban J connectivity index is 1.96. The molecule has 1 aromatic carbocycles. The van der Waals surface area contributed by atoms with Crippen molar-refractivity contribution in [3.63, 3.8) is 0 Å². The van der Waals surface area contributed by atoms with E-state index in [1.54, 1.807) is 19.1 Å². The van der Waals surface area contributed by atoms with Crippen molar-refractivity contribution in [3.05, 3.63) is 47.2 Å². The molecule has 5 heteroatoms. The van der Waals surface area contributed by atoms with Gasteiger partial charge in [-0.15, -0.1) is 0 Å². The molecule has 2 aromatic rings. The maximum atomic E-state index is 11.9. The summed E-state index contributed by atoms with van der Waals surface area (Å²) in [4.78, 5) is 16.1. The lowest BCUT2D eigenvalue weighted by molar-refractivity contribution is -0.118. The van der Waals surface area contributed by atoms with Crippen molar-refractivity contribution >= 4 is 17.4 Å². The van der Waals surface area contributed by atoms with Gasteiger partial charge < -0.3 is 15.8 Å². The topological polar surface area (TPSA) is 77.2 Å². The zero-order valence-electron chi connectivity index (χ0n) is 12.4. The van der Waals surface area contributed by atoms with Gasteiger partial charge >= 0.3 is 0 Å². The molecule has 0 aliphatic rings. The van der Waals surface area contributed by atoms with Crippen LogP contribution in [-0.4, -0.2) is 17.5 Å². The van der Waals surface area contributed by atoms with Gasteiger partial charge in [-0.3, -0.25) is 4.79 Å². The third kappa shape index (κ3) is 3.72. The zero-order chi connectivity index (χ0) is 15.4. The average molecular weight is 285 g/mol. The van der Waals surface area contributed by atoms with Crippen LogP contribution in [-0.2, 0) is 4.79 Å². The third-order valence-corrected chi connectivity index (χ3v) is 3.31.